The van der Waals surface area contributed by atoms with Gasteiger partial charge in [-0.3, -0.25) is 4.90 Å². The molecule has 2 rings (SSSR count). The van der Waals surface area contributed by atoms with E-state index in [0.29, 0.717) is 17.7 Å². The average Bonchev–Trinajstić information content (AvgIpc) is 2.67. The molecule has 0 radical (unpaired) electrons. The quantitative estimate of drug-likeness (QED) is 0.611. The maximum atomic E-state index is 10.4. The summed E-state index contributed by atoms with van der Waals surface area (Å²) in [5, 5.41) is 12.9. The van der Waals surface area contributed by atoms with Crippen LogP contribution in [0.5, 0.6) is 0 Å². The lowest BCUT2D eigenvalue weighted by molar-refractivity contribution is -0.487. The summed E-state index contributed by atoms with van der Waals surface area (Å²) in [6.45, 7) is 1.18. The minimum Gasteiger partial charge on any atom is -0.445 e. The minimum atomic E-state index is -0.771. The molecule has 0 spiro atoms. The van der Waals surface area contributed by atoms with E-state index in [1.54, 1.807) is 11.1 Å². The van der Waals surface area contributed by atoms with Gasteiger partial charge >= 0.3 is 6.02 Å². The number of thiazole rings is 1. The highest BCUT2D eigenvalue weighted by molar-refractivity contribution is 7.15. The fraction of sp³-hybridized carbons (Fsp3) is 0.500. The summed E-state index contributed by atoms with van der Waals surface area (Å²) in [5.41, 5.74) is 0. The Kier molecular flexibility index (Phi) is 3.94. The lowest BCUT2D eigenvalue weighted by atomic mass is 10.5. The van der Waals surface area contributed by atoms with E-state index in [9.17, 15) is 10.1 Å². The van der Waals surface area contributed by atoms with Crippen LogP contribution in [0.25, 0.3) is 0 Å². The lowest BCUT2D eigenvalue weighted by Gasteiger charge is -2.33. The van der Waals surface area contributed by atoms with Gasteiger partial charge in [-0.25, -0.2) is 15.1 Å². The predicted molar refractivity (Wildman–Crippen MR) is 65.7 cm³/mol. The van der Waals surface area contributed by atoms with E-state index in [4.69, 9.17) is 16.3 Å². The van der Waals surface area contributed by atoms with Crippen molar-refractivity contribution in [2.45, 2.75) is 6.54 Å². The molecule has 0 aliphatic carbocycles. The molecule has 1 aromatic rings. The van der Waals surface area contributed by atoms with E-state index in [1.165, 1.54) is 11.3 Å². The Morgan fingerprint density at radius 1 is 1.78 bits per heavy atom. The Balaban J connectivity index is 2.12. The van der Waals surface area contributed by atoms with Gasteiger partial charge < -0.3 is 9.64 Å². The molecule has 98 valence electrons. The highest BCUT2D eigenvalue weighted by Gasteiger charge is 2.25. The molecule has 18 heavy (non-hydrogen) atoms. The molecular formula is C8H10ClN5O3S. The molecule has 1 saturated heterocycles. The normalized spacial score (nSPS) is 19.0. The molecule has 0 amide bonds. The third kappa shape index (κ3) is 3.28. The van der Waals surface area contributed by atoms with Crippen LogP contribution in [0.2, 0.25) is 4.47 Å². The number of nitrogens with zero attached hydrogens (tertiary/aromatic N) is 5. The van der Waals surface area contributed by atoms with Crippen LogP contribution in [-0.4, -0.2) is 46.3 Å². The largest absolute Gasteiger partial charge is 0.445 e. The van der Waals surface area contributed by atoms with E-state index in [0.717, 1.165) is 4.88 Å². The molecule has 0 bridgehead atoms. The van der Waals surface area contributed by atoms with Gasteiger partial charge in [-0.15, -0.1) is 11.3 Å². The second kappa shape index (κ2) is 5.46. The Morgan fingerprint density at radius 3 is 3.17 bits per heavy atom. The van der Waals surface area contributed by atoms with Gasteiger partial charge in [0.1, 0.15) is 11.8 Å². The zero-order valence-electron chi connectivity index (χ0n) is 9.45. The zero-order valence-corrected chi connectivity index (χ0v) is 11.0. The molecular weight excluding hydrogens is 282 g/mol. The van der Waals surface area contributed by atoms with Gasteiger partial charge in [0.15, 0.2) is 9.50 Å². The van der Waals surface area contributed by atoms with Gasteiger partial charge in [-0.2, -0.15) is 0 Å². The Bertz CT molecular complexity index is 479. The SMILES string of the molecule is CN1COC(=N[N+](=O)[O-])N(Cc2cnc(Cl)s2)C1. The van der Waals surface area contributed by atoms with E-state index in [-0.39, 0.29) is 12.8 Å². The van der Waals surface area contributed by atoms with E-state index in [2.05, 4.69) is 10.1 Å². The van der Waals surface area contributed by atoms with Crippen molar-refractivity contribution in [3.05, 3.63) is 25.7 Å². The molecule has 1 aliphatic rings. The molecule has 8 nitrogen and oxygen atoms in total. The van der Waals surface area contributed by atoms with Crippen LogP contribution in [0.4, 0.5) is 0 Å². The zero-order chi connectivity index (χ0) is 13.1. The number of hydrazone groups is 1. The van der Waals surface area contributed by atoms with Gasteiger partial charge in [-0.1, -0.05) is 11.6 Å². The highest BCUT2D eigenvalue weighted by atomic mass is 35.5. The fourth-order valence-corrected chi connectivity index (χ4v) is 2.47. The molecule has 2 heterocycles. The number of aromatic nitrogens is 1. The van der Waals surface area contributed by atoms with E-state index >= 15 is 0 Å². The maximum absolute atomic E-state index is 10.4. The van der Waals surface area contributed by atoms with Gasteiger partial charge in [0.2, 0.25) is 0 Å². The van der Waals surface area contributed by atoms with Gasteiger partial charge in [0.05, 0.1) is 13.2 Å². The Labute approximate surface area is 112 Å². The molecule has 1 fully saturated rings. The van der Waals surface area contributed by atoms with Crippen LogP contribution in [0, 0.1) is 10.1 Å². The van der Waals surface area contributed by atoms with Crippen LogP contribution in [0.15, 0.2) is 11.3 Å². The van der Waals surface area contributed by atoms with Crippen molar-refractivity contribution in [3.8, 4) is 0 Å². The first-order chi connectivity index (χ1) is 8.54. The second-order valence-electron chi connectivity index (χ2n) is 3.67. The second-order valence-corrected chi connectivity index (χ2v) is 5.37. The number of halogens is 1. The number of nitro groups is 1. The molecule has 0 saturated carbocycles. The highest BCUT2D eigenvalue weighted by Crippen LogP contribution is 2.20. The van der Waals surface area contributed by atoms with Gasteiger partial charge in [0, 0.05) is 11.1 Å². The molecule has 0 N–H and O–H groups in total. The summed E-state index contributed by atoms with van der Waals surface area (Å²) >= 11 is 7.05. The third-order valence-corrected chi connectivity index (χ3v) is 3.24. The molecule has 10 heteroatoms. The summed E-state index contributed by atoms with van der Waals surface area (Å²) in [7, 11) is 1.84. The molecule has 1 aliphatic heterocycles. The minimum absolute atomic E-state index is 0.00243. The van der Waals surface area contributed by atoms with Crippen LogP contribution in [-0.2, 0) is 11.3 Å². The molecule has 0 aromatic carbocycles. The van der Waals surface area contributed by atoms with Crippen molar-refractivity contribution < 1.29 is 9.77 Å². The van der Waals surface area contributed by atoms with E-state index in [1.807, 2.05) is 11.9 Å². The average molecular weight is 292 g/mol. The predicted octanol–water partition coefficient (Wildman–Crippen LogP) is 1.02. The van der Waals surface area contributed by atoms with Crippen molar-refractivity contribution in [1.82, 2.24) is 14.8 Å². The summed E-state index contributed by atoms with van der Waals surface area (Å²) in [5.74, 6) is 0. The number of amidine groups is 1. The van der Waals surface area contributed by atoms with Gasteiger partial charge in [0.25, 0.3) is 0 Å². The number of rotatable bonds is 3. The summed E-state index contributed by atoms with van der Waals surface area (Å²) in [6, 6.07) is 0.00243. The topological polar surface area (TPSA) is 84.1 Å². The standard InChI is InChI=1S/C8H10ClN5O3S/c1-12-4-13(3-6-2-10-7(9)18-6)8(17-5-12)11-14(15)16/h2H,3-5H2,1H3. The Hall–Kier alpha value is -1.45. The van der Waals surface area contributed by atoms with Gasteiger partial charge in [-0.05, 0) is 7.05 Å². The maximum Gasteiger partial charge on any atom is 0.364 e. The molecule has 0 unspecified atom stereocenters. The summed E-state index contributed by atoms with van der Waals surface area (Å²) in [4.78, 5) is 18.7. The number of ether oxygens (including phenoxy) is 1. The van der Waals surface area contributed by atoms with Crippen molar-refractivity contribution in [2.75, 3.05) is 20.4 Å². The first-order valence-electron chi connectivity index (χ1n) is 4.94. The van der Waals surface area contributed by atoms with Crippen LogP contribution in [0.1, 0.15) is 4.88 Å². The number of hydrogen-bond acceptors (Lipinski definition) is 6. The van der Waals surface area contributed by atoms with Crippen LogP contribution in [0.3, 0.4) is 0 Å². The van der Waals surface area contributed by atoms with Crippen molar-refractivity contribution in [2.24, 2.45) is 5.10 Å². The summed E-state index contributed by atoms with van der Waals surface area (Å²) in [6.07, 6.45) is 1.63. The van der Waals surface area contributed by atoms with Crippen molar-refractivity contribution in [3.63, 3.8) is 0 Å². The smallest absolute Gasteiger partial charge is 0.364 e. The fourth-order valence-electron chi connectivity index (χ4n) is 1.48. The molecule has 0 atom stereocenters. The number of hydrogen-bond donors (Lipinski definition) is 0. The first-order valence-corrected chi connectivity index (χ1v) is 6.13. The van der Waals surface area contributed by atoms with Crippen molar-refractivity contribution >= 4 is 29.0 Å². The van der Waals surface area contributed by atoms with Crippen molar-refractivity contribution in [1.29, 1.82) is 0 Å². The Morgan fingerprint density at radius 2 is 2.56 bits per heavy atom. The van der Waals surface area contributed by atoms with E-state index < -0.39 is 5.03 Å². The first kappa shape index (κ1) is 13.0. The third-order valence-electron chi connectivity index (χ3n) is 2.14. The lowest BCUT2D eigenvalue weighted by Crippen LogP contribution is -2.47. The van der Waals surface area contributed by atoms with Crippen LogP contribution >= 0.6 is 22.9 Å². The molecule has 1 aromatic heterocycles. The summed E-state index contributed by atoms with van der Waals surface area (Å²) < 4.78 is 5.64. The monoisotopic (exact) mass is 291 g/mol. The van der Waals surface area contributed by atoms with Crippen LogP contribution < -0.4 is 0 Å².